The number of para-hydroxylation sites is 1. The maximum atomic E-state index is 13.4. The average molecular weight is 432 g/mol. The number of fused-ring (bicyclic) bond motifs is 1. The number of nitrogens with zero attached hydrogens (tertiary/aromatic N) is 3. The molecular weight excluding hydrogens is 414 g/mol. The molecule has 0 amide bonds. The van der Waals surface area contributed by atoms with Gasteiger partial charge in [-0.25, -0.2) is 4.98 Å². The van der Waals surface area contributed by atoms with Crippen molar-refractivity contribution >= 4 is 39.0 Å². The van der Waals surface area contributed by atoms with Crippen LogP contribution < -0.4 is 5.56 Å². The SMILES string of the molecule is Cc1cccc(/C=C/c2nc3ccc(Br)cc3c(=O)n2-c2ccccc2C)n1. The van der Waals surface area contributed by atoms with Gasteiger partial charge in [-0.1, -0.05) is 40.2 Å². The Balaban J connectivity index is 1.98. The molecule has 4 aromatic rings. The van der Waals surface area contributed by atoms with E-state index in [4.69, 9.17) is 4.98 Å². The van der Waals surface area contributed by atoms with Gasteiger partial charge in [-0.15, -0.1) is 0 Å². The first-order valence-electron chi connectivity index (χ1n) is 8.93. The maximum Gasteiger partial charge on any atom is 0.266 e. The molecule has 0 aliphatic rings. The molecule has 0 saturated carbocycles. The van der Waals surface area contributed by atoms with Crippen LogP contribution in [-0.2, 0) is 0 Å². The molecule has 0 N–H and O–H groups in total. The molecule has 28 heavy (non-hydrogen) atoms. The van der Waals surface area contributed by atoms with E-state index in [1.54, 1.807) is 4.57 Å². The normalized spacial score (nSPS) is 11.4. The molecule has 2 aromatic heterocycles. The predicted octanol–water partition coefficient (Wildman–Crippen LogP) is 5.33. The molecule has 2 aromatic carbocycles. The van der Waals surface area contributed by atoms with Gasteiger partial charge >= 0.3 is 0 Å². The lowest BCUT2D eigenvalue weighted by molar-refractivity contribution is 0.934. The lowest BCUT2D eigenvalue weighted by Crippen LogP contribution is -2.23. The molecule has 0 radical (unpaired) electrons. The largest absolute Gasteiger partial charge is 0.268 e. The molecule has 138 valence electrons. The van der Waals surface area contributed by atoms with Crippen LogP contribution in [0.5, 0.6) is 0 Å². The van der Waals surface area contributed by atoms with Crippen molar-refractivity contribution in [1.29, 1.82) is 0 Å². The van der Waals surface area contributed by atoms with Crippen molar-refractivity contribution in [2.24, 2.45) is 0 Å². The van der Waals surface area contributed by atoms with Gasteiger partial charge in [-0.3, -0.25) is 14.3 Å². The fraction of sp³-hybridized carbons (Fsp3) is 0.0870. The van der Waals surface area contributed by atoms with E-state index in [0.29, 0.717) is 16.7 Å². The summed E-state index contributed by atoms with van der Waals surface area (Å²) in [5.74, 6) is 0.567. The van der Waals surface area contributed by atoms with E-state index in [9.17, 15) is 4.79 Å². The van der Waals surface area contributed by atoms with E-state index in [-0.39, 0.29) is 5.56 Å². The molecule has 2 heterocycles. The Hall–Kier alpha value is -3.05. The van der Waals surface area contributed by atoms with Gasteiger partial charge < -0.3 is 0 Å². The summed E-state index contributed by atoms with van der Waals surface area (Å²) < 4.78 is 2.51. The van der Waals surface area contributed by atoms with Crippen molar-refractivity contribution < 1.29 is 0 Å². The first-order valence-corrected chi connectivity index (χ1v) is 9.72. The van der Waals surface area contributed by atoms with E-state index in [1.807, 2.05) is 86.7 Å². The third-order valence-electron chi connectivity index (χ3n) is 4.53. The molecule has 0 aliphatic heterocycles. The predicted molar refractivity (Wildman–Crippen MR) is 118 cm³/mol. The minimum Gasteiger partial charge on any atom is -0.268 e. The standard InChI is InChI=1S/C23H18BrN3O/c1-15-6-3-4-9-21(15)27-22(13-11-18-8-5-7-16(2)25-18)26-20-12-10-17(24)14-19(20)23(27)28/h3-14H,1-2H3/b13-11+. The molecule has 4 nitrogen and oxygen atoms in total. The second-order valence-corrected chi connectivity index (χ2v) is 7.51. The van der Waals surface area contributed by atoms with Gasteiger partial charge in [0.05, 0.1) is 22.3 Å². The zero-order valence-electron chi connectivity index (χ0n) is 15.6. The summed E-state index contributed by atoms with van der Waals surface area (Å²) in [6.07, 6.45) is 3.73. The quantitative estimate of drug-likeness (QED) is 0.440. The highest BCUT2D eigenvalue weighted by Gasteiger charge is 2.13. The summed E-state index contributed by atoms with van der Waals surface area (Å²) >= 11 is 3.45. The Morgan fingerprint density at radius 1 is 0.929 bits per heavy atom. The third kappa shape index (κ3) is 3.53. The Kier molecular flexibility index (Phi) is 4.92. The van der Waals surface area contributed by atoms with Crippen LogP contribution in [0.2, 0.25) is 0 Å². The van der Waals surface area contributed by atoms with Gasteiger partial charge in [0.2, 0.25) is 0 Å². The maximum absolute atomic E-state index is 13.4. The van der Waals surface area contributed by atoms with Gasteiger partial charge in [0, 0.05) is 10.2 Å². The van der Waals surface area contributed by atoms with E-state index in [0.717, 1.165) is 27.1 Å². The fourth-order valence-electron chi connectivity index (χ4n) is 3.15. The molecule has 4 rings (SSSR count). The van der Waals surface area contributed by atoms with E-state index in [2.05, 4.69) is 20.9 Å². The highest BCUT2D eigenvalue weighted by atomic mass is 79.9. The zero-order chi connectivity index (χ0) is 19.7. The number of pyridine rings is 1. The number of aromatic nitrogens is 3. The average Bonchev–Trinajstić information content (AvgIpc) is 2.68. The third-order valence-corrected chi connectivity index (χ3v) is 5.02. The van der Waals surface area contributed by atoms with Crippen molar-refractivity contribution in [2.75, 3.05) is 0 Å². The van der Waals surface area contributed by atoms with Crippen molar-refractivity contribution in [2.45, 2.75) is 13.8 Å². The second-order valence-electron chi connectivity index (χ2n) is 6.60. The molecule has 0 saturated heterocycles. The molecule has 0 unspecified atom stereocenters. The molecule has 0 atom stereocenters. The zero-order valence-corrected chi connectivity index (χ0v) is 17.1. The summed E-state index contributed by atoms with van der Waals surface area (Å²) in [6, 6.07) is 19.2. The summed E-state index contributed by atoms with van der Waals surface area (Å²) in [5, 5.41) is 0.573. The summed E-state index contributed by atoms with van der Waals surface area (Å²) in [7, 11) is 0. The molecule has 0 fully saturated rings. The molecule has 5 heteroatoms. The first-order chi connectivity index (χ1) is 13.5. The van der Waals surface area contributed by atoms with Crippen LogP contribution in [0.25, 0.3) is 28.7 Å². The summed E-state index contributed by atoms with van der Waals surface area (Å²) in [5.41, 5.74) is 4.14. The monoisotopic (exact) mass is 431 g/mol. The highest BCUT2D eigenvalue weighted by Crippen LogP contribution is 2.20. The minimum absolute atomic E-state index is 0.0996. The number of hydrogen-bond donors (Lipinski definition) is 0. The van der Waals surface area contributed by atoms with Crippen LogP contribution in [0.3, 0.4) is 0 Å². The molecule has 0 bridgehead atoms. The van der Waals surface area contributed by atoms with Gasteiger partial charge in [0.15, 0.2) is 0 Å². The number of rotatable bonds is 3. The Labute approximate surface area is 171 Å². The molecule has 0 aliphatic carbocycles. The van der Waals surface area contributed by atoms with Crippen LogP contribution in [0.1, 0.15) is 22.8 Å². The Morgan fingerprint density at radius 3 is 2.54 bits per heavy atom. The Bertz CT molecular complexity index is 1270. The smallest absolute Gasteiger partial charge is 0.266 e. The lowest BCUT2D eigenvalue weighted by Gasteiger charge is -2.13. The van der Waals surface area contributed by atoms with Crippen LogP contribution in [0, 0.1) is 13.8 Å². The van der Waals surface area contributed by atoms with Crippen molar-refractivity contribution in [1.82, 2.24) is 14.5 Å². The molecule has 0 spiro atoms. The second kappa shape index (κ2) is 7.52. The topological polar surface area (TPSA) is 47.8 Å². The van der Waals surface area contributed by atoms with Crippen LogP contribution in [-0.4, -0.2) is 14.5 Å². The Morgan fingerprint density at radius 2 is 1.75 bits per heavy atom. The van der Waals surface area contributed by atoms with Crippen LogP contribution in [0.15, 0.2) is 69.9 Å². The van der Waals surface area contributed by atoms with E-state index in [1.165, 1.54) is 0 Å². The number of benzene rings is 2. The van der Waals surface area contributed by atoms with Crippen LogP contribution in [0.4, 0.5) is 0 Å². The van der Waals surface area contributed by atoms with E-state index >= 15 is 0 Å². The fourth-order valence-corrected chi connectivity index (χ4v) is 3.51. The van der Waals surface area contributed by atoms with Gasteiger partial charge in [0.1, 0.15) is 5.82 Å². The van der Waals surface area contributed by atoms with Crippen molar-refractivity contribution in [3.8, 4) is 5.69 Å². The summed E-state index contributed by atoms with van der Waals surface area (Å²) in [4.78, 5) is 22.6. The minimum atomic E-state index is -0.0996. The van der Waals surface area contributed by atoms with Crippen LogP contribution >= 0.6 is 15.9 Å². The van der Waals surface area contributed by atoms with Gasteiger partial charge in [0.25, 0.3) is 5.56 Å². The van der Waals surface area contributed by atoms with E-state index < -0.39 is 0 Å². The van der Waals surface area contributed by atoms with Gasteiger partial charge in [-0.05, 0) is 68.0 Å². The first kappa shape index (κ1) is 18.3. The summed E-state index contributed by atoms with van der Waals surface area (Å²) in [6.45, 7) is 3.94. The van der Waals surface area contributed by atoms with Gasteiger partial charge in [-0.2, -0.15) is 0 Å². The number of halogens is 1. The number of hydrogen-bond acceptors (Lipinski definition) is 3. The van der Waals surface area contributed by atoms with Crippen molar-refractivity contribution in [3.63, 3.8) is 0 Å². The highest BCUT2D eigenvalue weighted by molar-refractivity contribution is 9.10. The molecular formula is C23H18BrN3O. The number of aryl methyl sites for hydroxylation is 2. The lowest BCUT2D eigenvalue weighted by atomic mass is 10.1. The van der Waals surface area contributed by atoms with Crippen molar-refractivity contribution in [3.05, 3.63) is 98.3 Å².